The molecule has 2 aromatic heterocycles. The number of anilines is 2. The van der Waals surface area contributed by atoms with E-state index in [4.69, 9.17) is 10.5 Å². The fourth-order valence-corrected chi connectivity index (χ4v) is 4.88. The number of fused-ring (bicyclic) bond motifs is 1. The van der Waals surface area contributed by atoms with E-state index in [1.165, 1.54) is 18.3 Å². The number of pyridine rings is 2. The lowest BCUT2D eigenvalue weighted by Gasteiger charge is -2.33. The molecule has 3 N–H and O–H groups in total. The van der Waals surface area contributed by atoms with Gasteiger partial charge >= 0.3 is 6.18 Å². The summed E-state index contributed by atoms with van der Waals surface area (Å²) >= 11 is 0. The molecular formula is C32H31F3N6O2. The molecule has 0 aliphatic carbocycles. The van der Waals surface area contributed by atoms with E-state index in [0.717, 1.165) is 29.9 Å². The molecule has 11 heteroatoms. The van der Waals surface area contributed by atoms with Gasteiger partial charge in [-0.15, -0.1) is 0 Å². The number of ether oxygens (including phenoxy) is 1. The van der Waals surface area contributed by atoms with Gasteiger partial charge in [0.25, 0.3) is 5.91 Å². The highest BCUT2D eigenvalue weighted by Gasteiger charge is 2.34. The molecule has 0 bridgehead atoms. The highest BCUT2D eigenvalue weighted by molar-refractivity contribution is 6.04. The maximum Gasteiger partial charge on any atom is 0.416 e. The van der Waals surface area contributed by atoms with Gasteiger partial charge in [-0.3, -0.25) is 14.7 Å². The summed E-state index contributed by atoms with van der Waals surface area (Å²) in [6.07, 6.45) is -1.56. The van der Waals surface area contributed by atoms with Crippen molar-refractivity contribution < 1.29 is 22.7 Å². The zero-order valence-corrected chi connectivity index (χ0v) is 24.0. The maximum absolute atomic E-state index is 14.0. The Balaban J connectivity index is 1.39. The van der Waals surface area contributed by atoms with Crippen LogP contribution in [0.3, 0.4) is 0 Å². The van der Waals surface area contributed by atoms with Crippen molar-refractivity contribution in [2.24, 2.45) is 0 Å². The highest BCUT2D eigenvalue weighted by Crippen LogP contribution is 2.35. The van der Waals surface area contributed by atoms with Gasteiger partial charge in [0.15, 0.2) is 0 Å². The van der Waals surface area contributed by atoms with Crippen molar-refractivity contribution in [1.82, 2.24) is 19.8 Å². The number of hydrogen-bond acceptors (Lipinski definition) is 7. The van der Waals surface area contributed by atoms with Crippen LogP contribution in [0.1, 0.15) is 38.3 Å². The monoisotopic (exact) mass is 588 g/mol. The Kier molecular flexibility index (Phi) is 8.52. The molecule has 0 spiro atoms. The average molecular weight is 589 g/mol. The van der Waals surface area contributed by atoms with Crippen molar-refractivity contribution in [1.29, 1.82) is 0 Å². The van der Waals surface area contributed by atoms with Gasteiger partial charge < -0.3 is 20.7 Å². The molecule has 3 heterocycles. The van der Waals surface area contributed by atoms with Crippen LogP contribution < -0.4 is 15.8 Å². The smallest absolute Gasteiger partial charge is 0.416 e. The molecule has 4 aromatic rings. The van der Waals surface area contributed by atoms with Gasteiger partial charge in [0, 0.05) is 67.1 Å². The fraction of sp³-hybridized carbons (Fsp3) is 0.281. The number of aromatic nitrogens is 2. The Hall–Kier alpha value is -4.66. The number of aryl methyl sites for hydroxylation is 1. The number of carbonyl (C=O) groups excluding carboxylic acids is 1. The molecule has 222 valence electrons. The van der Waals surface area contributed by atoms with Crippen molar-refractivity contribution in [2.45, 2.75) is 19.6 Å². The van der Waals surface area contributed by atoms with Gasteiger partial charge in [0.05, 0.1) is 29.5 Å². The quantitative estimate of drug-likeness (QED) is 0.319. The number of piperazine rings is 1. The Labute approximate surface area is 247 Å². The van der Waals surface area contributed by atoms with Crippen LogP contribution in [-0.4, -0.2) is 66.0 Å². The standard InChI is InChI=1S/C32H31F3N6O2/c1-20-21(6-9-27-28-16-26(43-3)8-5-22(28)17-38-30(27)36)14-24(18-37-20)31(42)39-25-7-4-23(29(15-25)32(33,34)35)19-41-12-10-40(2)11-13-41/h4-5,7-8,14-18H,10-13,19H2,1-3H3,(H2,36,38)(H,39,42). The predicted octanol–water partition coefficient (Wildman–Crippen LogP) is 4.95. The van der Waals surface area contributed by atoms with Crippen LogP contribution in [0.2, 0.25) is 0 Å². The number of carbonyl (C=O) groups is 1. The minimum absolute atomic E-state index is 0.0382. The number of nitrogens with zero attached hydrogens (tertiary/aromatic N) is 4. The molecular weight excluding hydrogens is 557 g/mol. The van der Waals surface area contributed by atoms with E-state index in [-0.39, 0.29) is 29.2 Å². The Morgan fingerprint density at radius 2 is 1.81 bits per heavy atom. The summed E-state index contributed by atoms with van der Waals surface area (Å²) < 4.78 is 47.4. The third kappa shape index (κ3) is 6.88. The van der Waals surface area contributed by atoms with Crippen molar-refractivity contribution in [2.75, 3.05) is 51.4 Å². The number of nitrogens with one attached hydrogen (secondary N) is 1. The molecule has 0 unspecified atom stereocenters. The summed E-state index contributed by atoms with van der Waals surface area (Å²) in [6, 6.07) is 10.9. The second-order valence-corrected chi connectivity index (χ2v) is 10.5. The molecule has 8 nitrogen and oxygen atoms in total. The van der Waals surface area contributed by atoms with Crippen LogP contribution >= 0.6 is 0 Å². The van der Waals surface area contributed by atoms with Crippen LogP contribution in [0.5, 0.6) is 5.75 Å². The summed E-state index contributed by atoms with van der Waals surface area (Å²) in [5.74, 6) is 6.35. The zero-order valence-electron chi connectivity index (χ0n) is 24.0. The van der Waals surface area contributed by atoms with Crippen LogP contribution in [0.15, 0.2) is 54.9 Å². The van der Waals surface area contributed by atoms with Gasteiger partial charge in [0.2, 0.25) is 0 Å². The molecule has 1 fully saturated rings. The maximum atomic E-state index is 14.0. The number of nitrogens with two attached hydrogens (primary N) is 1. The zero-order chi connectivity index (χ0) is 30.7. The van der Waals surface area contributed by atoms with E-state index in [0.29, 0.717) is 35.7 Å². The van der Waals surface area contributed by atoms with E-state index in [1.54, 1.807) is 26.3 Å². The normalized spacial score (nSPS) is 14.3. The molecule has 1 aliphatic rings. The first-order valence-corrected chi connectivity index (χ1v) is 13.6. The summed E-state index contributed by atoms with van der Waals surface area (Å²) in [4.78, 5) is 25.8. The lowest BCUT2D eigenvalue weighted by molar-refractivity contribution is -0.138. The van der Waals surface area contributed by atoms with Gasteiger partial charge in [-0.1, -0.05) is 17.9 Å². The number of alkyl halides is 3. The molecule has 0 radical (unpaired) electrons. The van der Waals surface area contributed by atoms with Gasteiger partial charge in [-0.25, -0.2) is 4.98 Å². The molecule has 0 saturated carbocycles. The number of methoxy groups -OCH3 is 1. The summed E-state index contributed by atoms with van der Waals surface area (Å²) in [5, 5.41) is 4.17. The molecule has 1 saturated heterocycles. The number of amides is 1. The van der Waals surface area contributed by atoms with Crippen molar-refractivity contribution in [3.63, 3.8) is 0 Å². The number of nitrogen functional groups attached to an aromatic ring is 1. The fourth-order valence-electron chi connectivity index (χ4n) is 4.88. The van der Waals surface area contributed by atoms with Crippen molar-refractivity contribution in [3.05, 3.63) is 88.4 Å². The first-order valence-electron chi connectivity index (χ1n) is 13.6. The first-order chi connectivity index (χ1) is 20.5. The Morgan fingerprint density at radius 1 is 1.05 bits per heavy atom. The SMILES string of the molecule is COc1ccc2cnc(N)c(C#Cc3cc(C(=O)Nc4ccc(CN5CCN(C)CC5)c(C(F)(F)F)c4)cnc3C)c2c1. The Bertz CT molecular complexity index is 1740. The lowest BCUT2D eigenvalue weighted by atomic mass is 10.0. The average Bonchev–Trinajstić information content (AvgIpc) is 2.98. The Morgan fingerprint density at radius 3 is 2.53 bits per heavy atom. The van der Waals surface area contributed by atoms with Crippen molar-refractivity contribution in [3.8, 4) is 17.6 Å². The number of rotatable bonds is 5. The van der Waals surface area contributed by atoms with Gasteiger partial charge in [0.1, 0.15) is 11.6 Å². The van der Waals surface area contributed by atoms with Gasteiger partial charge in [-0.2, -0.15) is 13.2 Å². The molecule has 5 rings (SSSR count). The third-order valence-electron chi connectivity index (χ3n) is 7.46. The summed E-state index contributed by atoms with van der Waals surface area (Å²) in [7, 11) is 3.56. The summed E-state index contributed by atoms with van der Waals surface area (Å²) in [5.41, 5.74) is 7.26. The van der Waals surface area contributed by atoms with Crippen LogP contribution in [-0.2, 0) is 12.7 Å². The minimum Gasteiger partial charge on any atom is -0.497 e. The second kappa shape index (κ2) is 12.3. The predicted molar refractivity (Wildman–Crippen MR) is 160 cm³/mol. The largest absolute Gasteiger partial charge is 0.497 e. The topological polar surface area (TPSA) is 96.6 Å². The van der Waals surface area contributed by atoms with E-state index < -0.39 is 17.6 Å². The molecule has 1 aliphatic heterocycles. The van der Waals surface area contributed by atoms with Gasteiger partial charge in [-0.05, 0) is 55.9 Å². The van der Waals surface area contributed by atoms with Crippen LogP contribution in [0.4, 0.5) is 24.7 Å². The minimum atomic E-state index is -4.57. The molecule has 0 atom stereocenters. The number of benzene rings is 2. The highest BCUT2D eigenvalue weighted by atomic mass is 19.4. The second-order valence-electron chi connectivity index (χ2n) is 10.5. The number of halogens is 3. The van der Waals surface area contributed by atoms with Crippen molar-refractivity contribution >= 4 is 28.2 Å². The molecule has 2 aromatic carbocycles. The van der Waals surface area contributed by atoms with E-state index in [9.17, 15) is 18.0 Å². The van der Waals surface area contributed by atoms with Crippen LogP contribution in [0, 0.1) is 18.8 Å². The molecule has 43 heavy (non-hydrogen) atoms. The van der Waals surface area contributed by atoms with E-state index in [2.05, 4.69) is 32.0 Å². The number of hydrogen-bond donors (Lipinski definition) is 2. The first kappa shape index (κ1) is 29.8. The summed E-state index contributed by atoms with van der Waals surface area (Å²) in [6.45, 7) is 4.91. The molecule has 1 amide bonds. The lowest BCUT2D eigenvalue weighted by Crippen LogP contribution is -2.44. The van der Waals surface area contributed by atoms with E-state index >= 15 is 0 Å². The van der Waals surface area contributed by atoms with E-state index in [1.807, 2.05) is 30.1 Å². The van der Waals surface area contributed by atoms with Crippen LogP contribution in [0.25, 0.3) is 10.8 Å². The number of likely N-dealkylation sites (N-methyl/N-ethyl adjacent to an activating group) is 1. The third-order valence-corrected chi connectivity index (χ3v) is 7.46.